The van der Waals surface area contributed by atoms with Crippen molar-refractivity contribution in [3.8, 4) is 11.5 Å². The fraction of sp³-hybridized carbons (Fsp3) is 0.100. The van der Waals surface area contributed by atoms with E-state index < -0.39 is 17.9 Å². The average Bonchev–Trinajstić information content (AvgIpc) is 2.97. The van der Waals surface area contributed by atoms with Crippen molar-refractivity contribution < 1.29 is 28.6 Å². The molecular weight excluding hydrogens is 386 g/mol. The third kappa shape index (κ3) is 4.63. The van der Waals surface area contributed by atoms with Crippen LogP contribution in [0.3, 0.4) is 0 Å². The van der Waals surface area contributed by atoms with Crippen molar-refractivity contribution in [3.63, 3.8) is 0 Å². The maximum Gasteiger partial charge on any atom is 0.363 e. The van der Waals surface area contributed by atoms with E-state index in [9.17, 15) is 14.4 Å². The number of benzene rings is 2. The van der Waals surface area contributed by atoms with Crippen LogP contribution in [-0.2, 0) is 19.1 Å². The Bertz CT molecular complexity index is 1020. The molecule has 0 saturated carbocycles. The summed E-state index contributed by atoms with van der Waals surface area (Å²) in [6, 6.07) is 11.2. The lowest BCUT2D eigenvalue weighted by atomic mass is 10.1. The molecule has 7 nitrogen and oxygen atoms in total. The highest BCUT2D eigenvalue weighted by Gasteiger charge is 2.24. The van der Waals surface area contributed by atoms with Crippen molar-refractivity contribution in [2.24, 2.45) is 4.99 Å². The van der Waals surface area contributed by atoms with Crippen molar-refractivity contribution in [1.29, 1.82) is 0 Å². The van der Waals surface area contributed by atoms with Crippen LogP contribution >= 0.6 is 11.6 Å². The lowest BCUT2D eigenvalue weighted by Crippen LogP contribution is -2.07. The Hall–Kier alpha value is -3.45. The van der Waals surface area contributed by atoms with Gasteiger partial charge in [-0.1, -0.05) is 17.7 Å². The molecule has 0 spiro atoms. The number of ether oxygens (including phenoxy) is 3. The van der Waals surface area contributed by atoms with E-state index in [1.165, 1.54) is 32.1 Å². The minimum absolute atomic E-state index is 0.0466. The van der Waals surface area contributed by atoms with E-state index in [1.807, 2.05) is 0 Å². The molecule has 0 atom stereocenters. The van der Waals surface area contributed by atoms with E-state index in [4.69, 9.17) is 25.8 Å². The predicted octanol–water partition coefficient (Wildman–Crippen LogP) is 3.54. The van der Waals surface area contributed by atoms with Crippen molar-refractivity contribution in [2.75, 3.05) is 0 Å². The molecule has 0 N–H and O–H groups in total. The molecule has 1 aliphatic heterocycles. The van der Waals surface area contributed by atoms with Gasteiger partial charge in [-0.2, -0.15) is 0 Å². The molecule has 8 heteroatoms. The van der Waals surface area contributed by atoms with Crippen LogP contribution in [0, 0.1) is 0 Å². The molecule has 0 aromatic heterocycles. The predicted molar refractivity (Wildman–Crippen MR) is 101 cm³/mol. The number of hydrogen-bond donors (Lipinski definition) is 0. The largest absolute Gasteiger partial charge is 0.423 e. The third-order valence-electron chi connectivity index (χ3n) is 3.49. The second-order valence-electron chi connectivity index (χ2n) is 5.74. The van der Waals surface area contributed by atoms with E-state index in [-0.39, 0.29) is 23.1 Å². The highest BCUT2D eigenvalue weighted by molar-refractivity contribution is 6.30. The molecule has 0 fully saturated rings. The molecule has 0 saturated heterocycles. The molecule has 1 aliphatic rings. The lowest BCUT2D eigenvalue weighted by Gasteiger charge is -2.09. The number of esters is 3. The first-order valence-corrected chi connectivity index (χ1v) is 8.49. The first kappa shape index (κ1) is 19.3. The van der Waals surface area contributed by atoms with Gasteiger partial charge < -0.3 is 14.2 Å². The minimum Gasteiger partial charge on any atom is -0.423 e. The van der Waals surface area contributed by atoms with Crippen LogP contribution in [0.2, 0.25) is 5.02 Å². The highest BCUT2D eigenvalue weighted by atomic mass is 35.5. The van der Waals surface area contributed by atoms with Crippen LogP contribution in [0.5, 0.6) is 11.5 Å². The van der Waals surface area contributed by atoms with Crippen LogP contribution in [0.1, 0.15) is 25.0 Å². The second-order valence-corrected chi connectivity index (χ2v) is 6.17. The van der Waals surface area contributed by atoms with Crippen LogP contribution in [0.25, 0.3) is 6.08 Å². The van der Waals surface area contributed by atoms with E-state index in [2.05, 4.69) is 4.99 Å². The number of cyclic esters (lactones) is 1. The summed E-state index contributed by atoms with van der Waals surface area (Å²) in [6.45, 7) is 2.45. The summed E-state index contributed by atoms with van der Waals surface area (Å²) < 4.78 is 15.3. The van der Waals surface area contributed by atoms with Crippen LogP contribution in [0.15, 0.2) is 53.2 Å². The van der Waals surface area contributed by atoms with Gasteiger partial charge in [-0.3, -0.25) is 9.59 Å². The average molecular weight is 400 g/mol. The monoisotopic (exact) mass is 399 g/mol. The Kier molecular flexibility index (Phi) is 5.56. The summed E-state index contributed by atoms with van der Waals surface area (Å²) in [5.41, 5.74) is 1.17. The zero-order valence-corrected chi connectivity index (χ0v) is 15.6. The van der Waals surface area contributed by atoms with Crippen LogP contribution in [0.4, 0.5) is 0 Å². The zero-order chi connectivity index (χ0) is 20.3. The van der Waals surface area contributed by atoms with Gasteiger partial charge in [0.15, 0.2) is 17.2 Å². The number of rotatable bonds is 4. The number of carbonyl (C=O) groups is 3. The van der Waals surface area contributed by atoms with Gasteiger partial charge in [0.05, 0.1) is 0 Å². The number of nitrogens with zero attached hydrogens (tertiary/aromatic N) is 1. The topological polar surface area (TPSA) is 91.3 Å². The molecule has 2 aromatic carbocycles. The number of aliphatic imine (C=N–C) groups is 1. The molecule has 0 bridgehead atoms. The summed E-state index contributed by atoms with van der Waals surface area (Å²) in [7, 11) is 0. The Balaban J connectivity index is 1.93. The molecule has 0 radical (unpaired) electrons. The fourth-order valence-electron chi connectivity index (χ4n) is 2.37. The molecule has 2 aromatic rings. The Labute approximate surface area is 165 Å². The zero-order valence-electron chi connectivity index (χ0n) is 14.9. The standard InChI is InChI=1S/C20H14ClNO6/c1-11(23)26-17-8-3-13(10-18(17)27-12(2)24)9-16-20(25)28-19(22-16)14-4-6-15(21)7-5-14/h3-10H,1-2H3. The molecule has 0 amide bonds. The number of hydrogen-bond acceptors (Lipinski definition) is 7. The Morgan fingerprint density at radius 2 is 1.64 bits per heavy atom. The SMILES string of the molecule is CC(=O)Oc1ccc(C=C2N=C(c3ccc(Cl)cc3)OC2=O)cc1OC(C)=O. The normalized spacial score (nSPS) is 14.5. The Morgan fingerprint density at radius 1 is 1.00 bits per heavy atom. The fourth-order valence-corrected chi connectivity index (χ4v) is 2.50. The molecule has 0 unspecified atom stereocenters. The second kappa shape index (κ2) is 8.06. The van der Waals surface area contributed by atoms with Crippen LogP contribution < -0.4 is 9.47 Å². The first-order chi connectivity index (χ1) is 13.3. The van der Waals surface area contributed by atoms with Gasteiger partial charge in [0.2, 0.25) is 5.90 Å². The molecule has 28 heavy (non-hydrogen) atoms. The maximum absolute atomic E-state index is 12.1. The highest BCUT2D eigenvalue weighted by Crippen LogP contribution is 2.30. The van der Waals surface area contributed by atoms with Crippen molar-refractivity contribution in [1.82, 2.24) is 0 Å². The van der Waals surface area contributed by atoms with Crippen molar-refractivity contribution >= 4 is 41.5 Å². The van der Waals surface area contributed by atoms with Gasteiger partial charge in [0.1, 0.15) is 0 Å². The lowest BCUT2D eigenvalue weighted by molar-refractivity contribution is -0.134. The van der Waals surface area contributed by atoms with Gasteiger partial charge >= 0.3 is 17.9 Å². The van der Waals surface area contributed by atoms with E-state index in [0.29, 0.717) is 16.1 Å². The molecule has 142 valence electrons. The molecular formula is C20H14ClNO6. The molecule has 1 heterocycles. The van der Waals surface area contributed by atoms with E-state index in [0.717, 1.165) is 0 Å². The molecule has 0 aliphatic carbocycles. The quantitative estimate of drug-likeness (QED) is 0.443. The number of halogens is 1. The van der Waals surface area contributed by atoms with E-state index in [1.54, 1.807) is 30.3 Å². The molecule has 3 rings (SSSR count). The number of carbonyl (C=O) groups excluding carboxylic acids is 3. The first-order valence-electron chi connectivity index (χ1n) is 8.11. The maximum atomic E-state index is 12.1. The van der Waals surface area contributed by atoms with Crippen LogP contribution in [-0.4, -0.2) is 23.8 Å². The van der Waals surface area contributed by atoms with E-state index >= 15 is 0 Å². The van der Waals surface area contributed by atoms with Gasteiger partial charge in [-0.15, -0.1) is 0 Å². The van der Waals surface area contributed by atoms with Crippen molar-refractivity contribution in [2.45, 2.75) is 13.8 Å². The smallest absolute Gasteiger partial charge is 0.363 e. The third-order valence-corrected chi connectivity index (χ3v) is 3.74. The summed E-state index contributed by atoms with van der Waals surface area (Å²) in [5.74, 6) is -1.47. The Morgan fingerprint density at radius 3 is 2.29 bits per heavy atom. The van der Waals surface area contributed by atoms with Gasteiger partial charge in [-0.25, -0.2) is 9.79 Å². The summed E-state index contributed by atoms with van der Waals surface area (Å²) in [6.07, 6.45) is 1.47. The summed E-state index contributed by atoms with van der Waals surface area (Å²) in [4.78, 5) is 38.8. The van der Waals surface area contributed by atoms with Gasteiger partial charge in [0, 0.05) is 24.4 Å². The van der Waals surface area contributed by atoms with Gasteiger partial charge in [0.25, 0.3) is 0 Å². The minimum atomic E-state index is -0.622. The summed E-state index contributed by atoms with van der Waals surface area (Å²) >= 11 is 5.85. The van der Waals surface area contributed by atoms with Crippen molar-refractivity contribution in [3.05, 3.63) is 64.3 Å². The summed E-state index contributed by atoms with van der Waals surface area (Å²) in [5, 5.41) is 0.551. The van der Waals surface area contributed by atoms with Gasteiger partial charge in [-0.05, 0) is 48.0 Å².